The maximum atomic E-state index is 13.9. The fourth-order valence-corrected chi connectivity index (χ4v) is 3.16. The highest BCUT2D eigenvalue weighted by atomic mass is 127. The van der Waals surface area contributed by atoms with Gasteiger partial charge in [0.25, 0.3) is 0 Å². The third-order valence-electron chi connectivity index (χ3n) is 3.67. The smallest absolute Gasteiger partial charge is 0.191 e. The van der Waals surface area contributed by atoms with Crippen LogP contribution in [0.2, 0.25) is 0 Å². The van der Waals surface area contributed by atoms with E-state index in [-0.39, 0.29) is 41.6 Å². The second-order valence-corrected chi connectivity index (χ2v) is 9.08. The van der Waals surface area contributed by atoms with Gasteiger partial charge >= 0.3 is 0 Å². The van der Waals surface area contributed by atoms with Crippen molar-refractivity contribution in [1.29, 1.82) is 0 Å². The fourth-order valence-electron chi connectivity index (χ4n) is 2.38. The van der Waals surface area contributed by atoms with E-state index in [9.17, 15) is 12.8 Å². The monoisotopic (exact) mass is 514 g/mol. The molecule has 0 aliphatic heterocycles. The average molecular weight is 514 g/mol. The van der Waals surface area contributed by atoms with Crippen LogP contribution in [-0.4, -0.2) is 58.0 Å². The lowest BCUT2D eigenvalue weighted by atomic mass is 10.1. The van der Waals surface area contributed by atoms with Crippen molar-refractivity contribution in [3.05, 3.63) is 35.1 Å². The quantitative estimate of drug-likeness (QED) is 0.301. The van der Waals surface area contributed by atoms with Gasteiger partial charge in [-0.25, -0.2) is 17.8 Å². The molecule has 0 heterocycles. The maximum Gasteiger partial charge on any atom is 0.191 e. The van der Waals surface area contributed by atoms with Crippen molar-refractivity contribution in [2.75, 3.05) is 32.6 Å². The zero-order valence-electron chi connectivity index (χ0n) is 16.8. The molecule has 0 bridgehead atoms. The number of guanidine groups is 1. The number of hydrogen-bond donors (Lipinski definition) is 2. The van der Waals surface area contributed by atoms with Gasteiger partial charge in [-0.1, -0.05) is 6.07 Å². The van der Waals surface area contributed by atoms with Gasteiger partial charge in [0.05, 0.1) is 12.3 Å². The van der Waals surface area contributed by atoms with E-state index in [2.05, 4.69) is 15.6 Å². The van der Waals surface area contributed by atoms with Crippen molar-refractivity contribution < 1.29 is 12.8 Å². The second-order valence-electron chi connectivity index (χ2n) is 6.82. The SMILES string of the molecule is CCNC(=NCc1ccc(F)c(CN(C)C)c1)NC(C)CCS(C)(=O)=O.I. The molecule has 156 valence electrons. The molecule has 1 unspecified atom stereocenters. The Balaban J connectivity index is 0.00000676. The van der Waals surface area contributed by atoms with Crippen LogP contribution in [0.15, 0.2) is 23.2 Å². The average Bonchev–Trinajstić information content (AvgIpc) is 2.52. The minimum absolute atomic E-state index is 0. The van der Waals surface area contributed by atoms with Crippen LogP contribution < -0.4 is 10.6 Å². The molecule has 9 heteroatoms. The van der Waals surface area contributed by atoms with E-state index in [0.29, 0.717) is 37.6 Å². The normalized spacial score (nSPS) is 13.2. The van der Waals surface area contributed by atoms with Crippen molar-refractivity contribution in [3.8, 4) is 0 Å². The molecule has 0 aliphatic rings. The Labute approximate surface area is 180 Å². The standard InChI is InChI=1S/C18H31FN4O2S.HI/c1-6-20-18(22-14(2)9-10-26(5,24)25)21-12-15-7-8-17(19)16(11-15)13-23(3)4;/h7-8,11,14H,6,9-10,12-13H2,1-5H3,(H2,20,21,22);1H. The molecule has 1 rings (SSSR count). The van der Waals surface area contributed by atoms with Gasteiger partial charge in [0.15, 0.2) is 5.96 Å². The lowest BCUT2D eigenvalue weighted by Crippen LogP contribution is -2.42. The number of hydrogen-bond acceptors (Lipinski definition) is 4. The number of benzene rings is 1. The Morgan fingerprint density at radius 1 is 1.33 bits per heavy atom. The Bertz CT molecular complexity index is 711. The highest BCUT2D eigenvalue weighted by Gasteiger charge is 2.10. The van der Waals surface area contributed by atoms with Crippen molar-refractivity contribution in [1.82, 2.24) is 15.5 Å². The van der Waals surface area contributed by atoms with Gasteiger partial charge in [0.1, 0.15) is 15.7 Å². The summed E-state index contributed by atoms with van der Waals surface area (Å²) in [7, 11) is 0.815. The molecule has 2 N–H and O–H groups in total. The molecular weight excluding hydrogens is 482 g/mol. The molecule has 0 radical (unpaired) electrons. The molecule has 0 saturated heterocycles. The first kappa shape index (κ1) is 26.1. The summed E-state index contributed by atoms with van der Waals surface area (Å²) >= 11 is 0. The number of rotatable bonds is 9. The zero-order chi connectivity index (χ0) is 19.7. The maximum absolute atomic E-state index is 13.9. The van der Waals surface area contributed by atoms with Crippen molar-refractivity contribution in [2.45, 2.75) is 39.4 Å². The van der Waals surface area contributed by atoms with Crippen molar-refractivity contribution >= 4 is 39.8 Å². The first-order valence-corrected chi connectivity index (χ1v) is 10.8. The molecule has 0 fully saturated rings. The van der Waals surface area contributed by atoms with Crippen LogP contribution in [0.3, 0.4) is 0 Å². The van der Waals surface area contributed by atoms with Gasteiger partial charge in [0, 0.05) is 31.0 Å². The number of aliphatic imine (C=N–C) groups is 1. The third kappa shape index (κ3) is 11.5. The Kier molecular flexibility index (Phi) is 12.1. The van der Waals surface area contributed by atoms with Crippen LogP contribution in [0, 0.1) is 5.82 Å². The van der Waals surface area contributed by atoms with Crippen LogP contribution in [0.1, 0.15) is 31.4 Å². The molecule has 0 saturated carbocycles. The summed E-state index contributed by atoms with van der Waals surface area (Å²) in [6.07, 6.45) is 1.74. The van der Waals surface area contributed by atoms with Crippen molar-refractivity contribution in [3.63, 3.8) is 0 Å². The molecule has 0 aliphatic carbocycles. The molecule has 6 nitrogen and oxygen atoms in total. The first-order valence-electron chi connectivity index (χ1n) is 8.75. The van der Waals surface area contributed by atoms with Crippen LogP contribution in [0.25, 0.3) is 0 Å². The molecular formula is C18H32FIN4O2S. The highest BCUT2D eigenvalue weighted by molar-refractivity contribution is 14.0. The third-order valence-corrected chi connectivity index (χ3v) is 4.64. The number of sulfone groups is 1. The highest BCUT2D eigenvalue weighted by Crippen LogP contribution is 2.13. The second kappa shape index (κ2) is 12.5. The Hall–Kier alpha value is -0.940. The van der Waals surface area contributed by atoms with Gasteiger partial charge in [-0.3, -0.25) is 0 Å². The molecule has 1 atom stereocenters. The van der Waals surface area contributed by atoms with E-state index in [1.165, 1.54) is 12.3 Å². The lowest BCUT2D eigenvalue weighted by molar-refractivity contribution is 0.392. The Morgan fingerprint density at radius 2 is 2.00 bits per heavy atom. The van der Waals surface area contributed by atoms with Crippen LogP contribution in [0.4, 0.5) is 4.39 Å². The summed E-state index contributed by atoms with van der Waals surface area (Å²) in [6, 6.07) is 5.00. The largest absolute Gasteiger partial charge is 0.357 e. The number of nitrogens with one attached hydrogen (secondary N) is 2. The van der Waals surface area contributed by atoms with Gasteiger partial charge in [-0.15, -0.1) is 24.0 Å². The predicted molar refractivity (Wildman–Crippen MR) is 121 cm³/mol. The molecule has 0 spiro atoms. The van der Waals surface area contributed by atoms with Crippen LogP contribution >= 0.6 is 24.0 Å². The van der Waals surface area contributed by atoms with E-state index >= 15 is 0 Å². The van der Waals surface area contributed by atoms with Crippen LogP contribution in [0.5, 0.6) is 0 Å². The van der Waals surface area contributed by atoms with E-state index < -0.39 is 9.84 Å². The summed E-state index contributed by atoms with van der Waals surface area (Å²) in [5, 5.41) is 6.36. The summed E-state index contributed by atoms with van der Waals surface area (Å²) in [6.45, 7) is 5.52. The summed E-state index contributed by atoms with van der Waals surface area (Å²) in [5.74, 6) is 0.532. The first-order chi connectivity index (χ1) is 12.1. The molecule has 1 aromatic rings. The fraction of sp³-hybridized carbons (Fsp3) is 0.611. The Morgan fingerprint density at radius 3 is 2.56 bits per heavy atom. The van der Waals surface area contributed by atoms with Crippen molar-refractivity contribution in [2.24, 2.45) is 4.99 Å². The minimum Gasteiger partial charge on any atom is -0.357 e. The molecule has 0 amide bonds. The molecule has 27 heavy (non-hydrogen) atoms. The number of halogens is 2. The van der Waals surface area contributed by atoms with E-state index in [1.54, 1.807) is 6.07 Å². The molecule has 1 aromatic carbocycles. The van der Waals surface area contributed by atoms with E-state index in [0.717, 1.165) is 5.56 Å². The summed E-state index contributed by atoms with van der Waals surface area (Å²) in [5.41, 5.74) is 1.56. The topological polar surface area (TPSA) is 73.8 Å². The van der Waals surface area contributed by atoms with Gasteiger partial charge < -0.3 is 15.5 Å². The van der Waals surface area contributed by atoms with Gasteiger partial charge in [-0.2, -0.15) is 0 Å². The van der Waals surface area contributed by atoms with Gasteiger partial charge in [-0.05, 0) is 52.1 Å². The lowest BCUT2D eigenvalue weighted by Gasteiger charge is -2.17. The van der Waals surface area contributed by atoms with E-state index in [1.807, 2.05) is 38.9 Å². The summed E-state index contributed by atoms with van der Waals surface area (Å²) in [4.78, 5) is 6.44. The van der Waals surface area contributed by atoms with E-state index in [4.69, 9.17) is 0 Å². The summed E-state index contributed by atoms with van der Waals surface area (Å²) < 4.78 is 36.4. The molecule has 0 aromatic heterocycles. The minimum atomic E-state index is -2.98. The van der Waals surface area contributed by atoms with Gasteiger partial charge in [0.2, 0.25) is 0 Å². The van der Waals surface area contributed by atoms with Crippen LogP contribution in [-0.2, 0) is 22.9 Å². The zero-order valence-corrected chi connectivity index (χ0v) is 19.9. The predicted octanol–water partition coefficient (Wildman–Crippen LogP) is 2.38. The number of nitrogens with zero attached hydrogens (tertiary/aromatic N) is 2.